The highest BCUT2D eigenvalue weighted by Gasteiger charge is 2.36. The molecule has 1 saturated heterocycles. The van der Waals surface area contributed by atoms with Gasteiger partial charge in [-0.15, -0.1) is 0 Å². The number of carbonyl (C=O) groups excluding carboxylic acids is 2. The van der Waals surface area contributed by atoms with E-state index in [2.05, 4.69) is 10.3 Å². The monoisotopic (exact) mass is 393 g/mol. The van der Waals surface area contributed by atoms with Crippen LogP contribution in [-0.4, -0.2) is 39.4 Å². The Bertz CT molecular complexity index is 915. The van der Waals surface area contributed by atoms with E-state index in [1.165, 1.54) is 29.2 Å². The fourth-order valence-electron chi connectivity index (χ4n) is 3.13. The average molecular weight is 393 g/mol. The van der Waals surface area contributed by atoms with Crippen molar-refractivity contribution in [3.63, 3.8) is 0 Å². The summed E-state index contributed by atoms with van der Waals surface area (Å²) in [6.07, 6.45) is -4.55. The van der Waals surface area contributed by atoms with Crippen LogP contribution in [0.1, 0.15) is 33.7 Å². The molecule has 6 nitrogen and oxygen atoms in total. The number of nitrogens with zero attached hydrogens (tertiary/aromatic N) is 2. The molecule has 0 aliphatic carbocycles. The lowest BCUT2D eigenvalue weighted by Crippen LogP contribution is -2.37. The van der Waals surface area contributed by atoms with Gasteiger partial charge in [-0.1, -0.05) is 18.2 Å². The third-order valence-electron chi connectivity index (χ3n) is 4.46. The number of carbonyl (C=O) groups is 2. The SMILES string of the molecule is Cc1ccc(O)c(C(=O)NC2CC(=O)N(Cc3ccccc3C(F)(F)F)C2)n1. The smallest absolute Gasteiger partial charge is 0.416 e. The van der Waals surface area contributed by atoms with E-state index >= 15 is 0 Å². The summed E-state index contributed by atoms with van der Waals surface area (Å²) in [6.45, 7) is 1.54. The molecule has 0 saturated carbocycles. The number of hydrogen-bond acceptors (Lipinski definition) is 4. The molecule has 1 unspecified atom stereocenters. The summed E-state index contributed by atoms with van der Waals surface area (Å²) in [7, 11) is 0. The van der Waals surface area contributed by atoms with E-state index in [9.17, 15) is 27.9 Å². The first-order chi connectivity index (χ1) is 13.1. The van der Waals surface area contributed by atoms with E-state index < -0.39 is 23.7 Å². The van der Waals surface area contributed by atoms with Crippen LogP contribution in [0.4, 0.5) is 13.2 Å². The standard InChI is InChI=1S/C19H18F3N3O3/c1-11-6-7-15(26)17(23-11)18(28)24-13-8-16(27)25(10-13)9-12-4-2-3-5-14(12)19(20,21)22/h2-7,13,26H,8-10H2,1H3,(H,24,28). The Morgan fingerprint density at radius 3 is 2.71 bits per heavy atom. The van der Waals surface area contributed by atoms with E-state index in [0.29, 0.717) is 5.69 Å². The summed E-state index contributed by atoms with van der Waals surface area (Å²) in [5, 5.41) is 12.4. The molecular formula is C19H18F3N3O3. The lowest BCUT2D eigenvalue weighted by Gasteiger charge is -2.20. The van der Waals surface area contributed by atoms with Gasteiger partial charge >= 0.3 is 6.18 Å². The van der Waals surface area contributed by atoms with Crippen LogP contribution in [0, 0.1) is 6.92 Å². The first kappa shape index (κ1) is 19.7. The minimum Gasteiger partial charge on any atom is -0.505 e. The van der Waals surface area contributed by atoms with Crippen LogP contribution in [0.5, 0.6) is 5.75 Å². The van der Waals surface area contributed by atoms with Gasteiger partial charge in [-0.05, 0) is 30.7 Å². The van der Waals surface area contributed by atoms with Gasteiger partial charge in [-0.3, -0.25) is 9.59 Å². The maximum Gasteiger partial charge on any atom is 0.416 e. The summed E-state index contributed by atoms with van der Waals surface area (Å²) in [5.74, 6) is -1.29. The number of benzene rings is 1. The number of likely N-dealkylation sites (tertiary alicyclic amines) is 1. The predicted octanol–water partition coefficient (Wildman–Crippen LogP) is 2.65. The molecule has 1 aromatic carbocycles. The first-order valence-corrected chi connectivity index (χ1v) is 8.55. The molecule has 1 aliphatic rings. The predicted molar refractivity (Wildman–Crippen MR) is 93.4 cm³/mol. The van der Waals surface area contributed by atoms with Crippen molar-refractivity contribution in [2.24, 2.45) is 0 Å². The first-order valence-electron chi connectivity index (χ1n) is 8.55. The van der Waals surface area contributed by atoms with Crippen molar-refractivity contribution >= 4 is 11.8 Å². The summed E-state index contributed by atoms with van der Waals surface area (Å²) < 4.78 is 39.4. The molecule has 1 aliphatic heterocycles. The Labute approximate surface area is 159 Å². The number of amides is 2. The summed E-state index contributed by atoms with van der Waals surface area (Å²) in [5.41, 5.74) is -0.415. The van der Waals surface area contributed by atoms with E-state index in [4.69, 9.17) is 0 Å². The average Bonchev–Trinajstić information content (AvgIpc) is 2.95. The van der Waals surface area contributed by atoms with Gasteiger partial charge in [-0.25, -0.2) is 4.98 Å². The summed E-state index contributed by atoms with van der Waals surface area (Å²) in [6, 6.07) is 7.39. The van der Waals surface area contributed by atoms with Gasteiger partial charge in [0.2, 0.25) is 5.91 Å². The zero-order valence-corrected chi connectivity index (χ0v) is 15.0. The lowest BCUT2D eigenvalue weighted by atomic mass is 10.1. The van der Waals surface area contributed by atoms with Gasteiger partial charge < -0.3 is 15.3 Å². The molecule has 148 valence electrons. The third-order valence-corrected chi connectivity index (χ3v) is 4.46. The quantitative estimate of drug-likeness (QED) is 0.837. The normalized spacial score (nSPS) is 17.1. The van der Waals surface area contributed by atoms with Gasteiger partial charge in [0.1, 0.15) is 5.75 Å². The Hall–Kier alpha value is -3.10. The molecule has 9 heteroatoms. The fraction of sp³-hybridized carbons (Fsp3) is 0.316. The maximum absolute atomic E-state index is 13.1. The third kappa shape index (κ3) is 4.24. The number of halogens is 3. The molecule has 1 fully saturated rings. The largest absolute Gasteiger partial charge is 0.505 e. The zero-order chi connectivity index (χ0) is 20.5. The number of pyridine rings is 1. The summed E-state index contributed by atoms with van der Waals surface area (Å²) >= 11 is 0. The van der Waals surface area contributed by atoms with Gasteiger partial charge in [0.25, 0.3) is 5.91 Å². The number of aromatic nitrogens is 1. The Kier molecular flexibility index (Phi) is 5.26. The molecule has 2 heterocycles. The highest BCUT2D eigenvalue weighted by molar-refractivity contribution is 5.95. The molecule has 28 heavy (non-hydrogen) atoms. The van der Waals surface area contributed by atoms with Crippen molar-refractivity contribution in [3.8, 4) is 5.75 Å². The van der Waals surface area contributed by atoms with Crippen LogP contribution >= 0.6 is 0 Å². The van der Waals surface area contributed by atoms with Crippen LogP contribution in [0.25, 0.3) is 0 Å². The highest BCUT2D eigenvalue weighted by Crippen LogP contribution is 2.33. The number of alkyl halides is 3. The fourth-order valence-corrected chi connectivity index (χ4v) is 3.13. The van der Waals surface area contributed by atoms with Gasteiger partial charge in [0.15, 0.2) is 5.69 Å². The van der Waals surface area contributed by atoms with Crippen molar-refractivity contribution < 1.29 is 27.9 Å². The van der Waals surface area contributed by atoms with Crippen molar-refractivity contribution in [2.45, 2.75) is 32.1 Å². The van der Waals surface area contributed by atoms with Crippen LogP contribution in [0.2, 0.25) is 0 Å². The zero-order valence-electron chi connectivity index (χ0n) is 15.0. The minimum atomic E-state index is -4.51. The lowest BCUT2D eigenvalue weighted by molar-refractivity contribution is -0.139. The van der Waals surface area contributed by atoms with Crippen LogP contribution in [0.3, 0.4) is 0 Å². The number of aromatic hydroxyl groups is 1. The molecule has 2 N–H and O–H groups in total. The molecule has 1 aromatic heterocycles. The number of rotatable bonds is 4. The van der Waals surface area contributed by atoms with Crippen LogP contribution in [0.15, 0.2) is 36.4 Å². The van der Waals surface area contributed by atoms with Crippen molar-refractivity contribution in [1.29, 1.82) is 0 Å². The van der Waals surface area contributed by atoms with Crippen LogP contribution in [-0.2, 0) is 17.5 Å². The van der Waals surface area contributed by atoms with Gasteiger partial charge in [-0.2, -0.15) is 13.2 Å². The summed E-state index contributed by atoms with van der Waals surface area (Å²) in [4.78, 5) is 29.8. The van der Waals surface area contributed by atoms with E-state index in [-0.39, 0.29) is 42.4 Å². The topological polar surface area (TPSA) is 82.5 Å². The van der Waals surface area contributed by atoms with E-state index in [0.717, 1.165) is 6.07 Å². The molecular weight excluding hydrogens is 375 g/mol. The Morgan fingerprint density at radius 1 is 1.29 bits per heavy atom. The molecule has 0 spiro atoms. The second kappa shape index (κ2) is 7.49. The molecule has 0 radical (unpaired) electrons. The molecule has 3 rings (SSSR count). The van der Waals surface area contributed by atoms with Gasteiger partial charge in [0.05, 0.1) is 11.6 Å². The molecule has 2 aromatic rings. The Morgan fingerprint density at radius 2 is 2.00 bits per heavy atom. The van der Waals surface area contributed by atoms with Crippen LogP contribution < -0.4 is 5.32 Å². The molecule has 1 atom stereocenters. The molecule has 0 bridgehead atoms. The number of hydrogen-bond donors (Lipinski definition) is 2. The minimum absolute atomic E-state index is 0.00618. The van der Waals surface area contributed by atoms with Crippen molar-refractivity contribution in [3.05, 3.63) is 58.9 Å². The number of nitrogens with one attached hydrogen (secondary N) is 1. The number of aryl methyl sites for hydroxylation is 1. The molecule has 2 amide bonds. The second-order valence-corrected chi connectivity index (χ2v) is 6.62. The Balaban J connectivity index is 1.69. The van der Waals surface area contributed by atoms with Crippen molar-refractivity contribution in [2.75, 3.05) is 6.54 Å². The second-order valence-electron chi connectivity index (χ2n) is 6.62. The van der Waals surface area contributed by atoms with E-state index in [1.807, 2.05) is 0 Å². The van der Waals surface area contributed by atoms with Gasteiger partial charge in [0, 0.05) is 25.2 Å². The van der Waals surface area contributed by atoms with Crippen molar-refractivity contribution in [1.82, 2.24) is 15.2 Å². The highest BCUT2D eigenvalue weighted by atomic mass is 19.4. The van der Waals surface area contributed by atoms with E-state index in [1.54, 1.807) is 13.0 Å². The maximum atomic E-state index is 13.1.